The van der Waals surface area contributed by atoms with Crippen molar-refractivity contribution >= 4 is 39.5 Å². The van der Waals surface area contributed by atoms with E-state index in [4.69, 9.17) is 0 Å². The largest absolute Gasteiger partial charge is 0.354 e. The van der Waals surface area contributed by atoms with Crippen LogP contribution in [-0.2, 0) is 0 Å². The van der Waals surface area contributed by atoms with Crippen LogP contribution < -0.4 is 15.5 Å². The van der Waals surface area contributed by atoms with Gasteiger partial charge in [0.25, 0.3) is 0 Å². The number of nitrogens with zero attached hydrogens (tertiary/aromatic N) is 4. The van der Waals surface area contributed by atoms with Crippen LogP contribution in [0.5, 0.6) is 0 Å². The Labute approximate surface area is 133 Å². The predicted octanol–water partition coefficient (Wildman–Crippen LogP) is 3.18. The van der Waals surface area contributed by atoms with Gasteiger partial charge < -0.3 is 15.5 Å². The lowest BCUT2D eigenvalue weighted by Gasteiger charge is -2.14. The van der Waals surface area contributed by atoms with E-state index < -0.39 is 0 Å². The zero-order valence-corrected chi connectivity index (χ0v) is 14.2. The van der Waals surface area contributed by atoms with Gasteiger partial charge in [-0.1, -0.05) is 6.07 Å². The van der Waals surface area contributed by atoms with Crippen molar-refractivity contribution in [3.05, 3.63) is 28.2 Å². The van der Waals surface area contributed by atoms with E-state index in [0.717, 1.165) is 22.3 Å². The molecule has 0 saturated carbocycles. The first-order valence-corrected chi connectivity index (χ1v) is 7.49. The van der Waals surface area contributed by atoms with Crippen LogP contribution in [0.3, 0.4) is 0 Å². The molecule has 0 aliphatic rings. The second-order valence-electron chi connectivity index (χ2n) is 4.82. The van der Waals surface area contributed by atoms with Crippen LogP contribution in [-0.4, -0.2) is 35.6 Å². The Morgan fingerprint density at radius 1 is 1.14 bits per heavy atom. The summed E-state index contributed by atoms with van der Waals surface area (Å²) in [6, 6.07) is 6.07. The fraction of sp³-hybridized carbons (Fsp3) is 0.357. The highest BCUT2D eigenvalue weighted by Gasteiger charge is 2.09. The molecule has 0 aliphatic heterocycles. The lowest BCUT2D eigenvalue weighted by Crippen LogP contribution is -2.16. The summed E-state index contributed by atoms with van der Waals surface area (Å²) in [7, 11) is 3.80. The molecule has 0 unspecified atom stereocenters. The summed E-state index contributed by atoms with van der Waals surface area (Å²) in [5.74, 6) is 1.67. The smallest absolute Gasteiger partial charge is 0.233 e. The quantitative estimate of drug-likeness (QED) is 0.863. The van der Waals surface area contributed by atoms with Gasteiger partial charge >= 0.3 is 0 Å². The van der Waals surface area contributed by atoms with E-state index in [1.54, 1.807) is 0 Å². The van der Waals surface area contributed by atoms with E-state index in [1.165, 1.54) is 0 Å². The van der Waals surface area contributed by atoms with Crippen LogP contribution in [0.2, 0.25) is 0 Å². The lowest BCUT2D eigenvalue weighted by atomic mass is 10.2. The lowest BCUT2D eigenvalue weighted by molar-refractivity contribution is 0.953. The average Bonchev–Trinajstić information content (AvgIpc) is 2.43. The minimum atomic E-state index is 0.510. The van der Waals surface area contributed by atoms with Gasteiger partial charge in [-0.3, -0.25) is 0 Å². The average molecular weight is 351 g/mol. The summed E-state index contributed by atoms with van der Waals surface area (Å²) < 4.78 is 0.963. The first-order chi connectivity index (χ1) is 9.99. The fourth-order valence-corrected chi connectivity index (χ4v) is 2.06. The van der Waals surface area contributed by atoms with Crippen LogP contribution in [0.15, 0.2) is 22.7 Å². The van der Waals surface area contributed by atoms with Crippen LogP contribution >= 0.6 is 15.9 Å². The number of aryl methyl sites for hydroxylation is 1. The second kappa shape index (κ2) is 6.71. The predicted molar refractivity (Wildman–Crippen MR) is 90.5 cm³/mol. The van der Waals surface area contributed by atoms with E-state index >= 15 is 0 Å². The SMILES string of the molecule is CCNc1nc(Nc2cc(C)ccc2Br)nc(N(C)C)n1. The monoisotopic (exact) mass is 350 g/mol. The standard InChI is InChI=1S/C14H19BrN6/c1-5-16-12-18-13(20-14(19-12)21(3)4)17-11-8-9(2)6-7-10(11)15/h6-8H,5H2,1-4H3,(H2,16,17,18,19,20). The molecule has 0 atom stereocenters. The van der Waals surface area contributed by atoms with E-state index in [0.29, 0.717) is 17.8 Å². The zero-order chi connectivity index (χ0) is 15.4. The molecule has 2 rings (SSSR count). The third kappa shape index (κ3) is 4.04. The highest BCUT2D eigenvalue weighted by atomic mass is 79.9. The van der Waals surface area contributed by atoms with Crippen molar-refractivity contribution in [2.45, 2.75) is 13.8 Å². The second-order valence-corrected chi connectivity index (χ2v) is 5.67. The maximum atomic E-state index is 4.41. The minimum absolute atomic E-state index is 0.510. The summed E-state index contributed by atoms with van der Waals surface area (Å²) in [6.45, 7) is 4.80. The molecular weight excluding hydrogens is 332 g/mol. The Bertz CT molecular complexity index is 629. The molecule has 0 spiro atoms. The van der Waals surface area contributed by atoms with Gasteiger partial charge in [-0.15, -0.1) is 0 Å². The Hall–Kier alpha value is -1.89. The number of halogens is 1. The van der Waals surface area contributed by atoms with Crippen molar-refractivity contribution < 1.29 is 0 Å². The number of hydrogen-bond donors (Lipinski definition) is 2. The first kappa shape index (κ1) is 15.5. The van der Waals surface area contributed by atoms with Gasteiger partial charge in [-0.05, 0) is 47.5 Å². The van der Waals surface area contributed by atoms with Gasteiger partial charge in [0.1, 0.15) is 0 Å². The summed E-state index contributed by atoms with van der Waals surface area (Å²) in [6.07, 6.45) is 0. The summed E-state index contributed by atoms with van der Waals surface area (Å²) in [4.78, 5) is 15.0. The first-order valence-electron chi connectivity index (χ1n) is 6.70. The van der Waals surface area contributed by atoms with Crippen molar-refractivity contribution in [3.63, 3.8) is 0 Å². The summed E-state index contributed by atoms with van der Waals surface area (Å²) >= 11 is 3.52. The van der Waals surface area contributed by atoms with Crippen LogP contribution in [0.25, 0.3) is 0 Å². The topological polar surface area (TPSA) is 66.0 Å². The van der Waals surface area contributed by atoms with Crippen LogP contribution in [0.1, 0.15) is 12.5 Å². The van der Waals surface area contributed by atoms with Gasteiger partial charge in [0, 0.05) is 25.1 Å². The molecule has 0 amide bonds. The molecule has 0 fully saturated rings. The van der Waals surface area contributed by atoms with E-state index in [1.807, 2.05) is 51.0 Å². The Kier molecular flexibility index (Phi) is 4.95. The Morgan fingerprint density at radius 2 is 1.86 bits per heavy atom. The third-order valence-electron chi connectivity index (χ3n) is 2.73. The number of rotatable bonds is 5. The Balaban J connectivity index is 2.36. The molecule has 2 aromatic rings. The van der Waals surface area contributed by atoms with Gasteiger partial charge in [-0.25, -0.2) is 0 Å². The minimum Gasteiger partial charge on any atom is -0.354 e. The normalized spacial score (nSPS) is 10.3. The van der Waals surface area contributed by atoms with Crippen molar-refractivity contribution in [1.82, 2.24) is 15.0 Å². The Morgan fingerprint density at radius 3 is 2.52 bits per heavy atom. The number of anilines is 4. The zero-order valence-electron chi connectivity index (χ0n) is 12.6. The van der Waals surface area contributed by atoms with Crippen molar-refractivity contribution in [2.75, 3.05) is 36.2 Å². The highest BCUT2D eigenvalue weighted by molar-refractivity contribution is 9.10. The van der Waals surface area contributed by atoms with Gasteiger partial charge in [0.15, 0.2) is 0 Å². The van der Waals surface area contributed by atoms with E-state index in [9.17, 15) is 0 Å². The van der Waals surface area contributed by atoms with E-state index in [2.05, 4.69) is 41.5 Å². The van der Waals surface area contributed by atoms with Crippen molar-refractivity contribution in [1.29, 1.82) is 0 Å². The van der Waals surface area contributed by atoms with Crippen LogP contribution in [0.4, 0.5) is 23.5 Å². The number of aromatic nitrogens is 3. The van der Waals surface area contributed by atoms with Crippen molar-refractivity contribution in [2.24, 2.45) is 0 Å². The van der Waals surface area contributed by atoms with Crippen molar-refractivity contribution in [3.8, 4) is 0 Å². The maximum Gasteiger partial charge on any atom is 0.233 e. The van der Waals surface area contributed by atoms with Crippen LogP contribution in [0, 0.1) is 6.92 Å². The molecule has 0 saturated heterocycles. The third-order valence-corrected chi connectivity index (χ3v) is 3.42. The summed E-state index contributed by atoms with van der Waals surface area (Å²) in [5.41, 5.74) is 2.09. The molecule has 0 radical (unpaired) electrons. The molecule has 0 bridgehead atoms. The maximum absolute atomic E-state index is 4.41. The molecule has 0 aliphatic carbocycles. The van der Waals surface area contributed by atoms with E-state index in [-0.39, 0.29) is 0 Å². The van der Waals surface area contributed by atoms with Gasteiger partial charge in [-0.2, -0.15) is 15.0 Å². The molecule has 6 nitrogen and oxygen atoms in total. The molecule has 1 heterocycles. The molecular formula is C14H19BrN6. The molecule has 1 aromatic heterocycles. The molecule has 1 aromatic carbocycles. The highest BCUT2D eigenvalue weighted by Crippen LogP contribution is 2.26. The molecule has 112 valence electrons. The van der Waals surface area contributed by atoms with Gasteiger partial charge in [0.05, 0.1) is 5.69 Å². The molecule has 2 N–H and O–H groups in total. The number of hydrogen-bond acceptors (Lipinski definition) is 6. The molecule has 7 heteroatoms. The summed E-state index contributed by atoms with van der Waals surface area (Å²) in [5, 5.41) is 6.35. The van der Waals surface area contributed by atoms with Gasteiger partial charge in [0.2, 0.25) is 17.8 Å². The fourth-order valence-electron chi connectivity index (χ4n) is 1.71. The number of benzene rings is 1. The number of nitrogens with one attached hydrogen (secondary N) is 2. The molecule has 21 heavy (non-hydrogen) atoms.